The summed E-state index contributed by atoms with van der Waals surface area (Å²) in [6.07, 6.45) is -45.9. The Hall–Kier alpha value is -3.36. The van der Waals surface area contributed by atoms with Gasteiger partial charge in [-0.05, 0) is 61.2 Å². The summed E-state index contributed by atoms with van der Waals surface area (Å²) >= 11 is 0. The van der Waals surface area contributed by atoms with Gasteiger partial charge in [-0.15, -0.1) is 15.8 Å². The zero-order chi connectivity index (χ0) is 53.3. The quantitative estimate of drug-likeness (QED) is 0.0798. The molecular weight excluding hydrogens is 1090 g/mol. The molecule has 0 atom stereocenters. The van der Waals surface area contributed by atoms with Crippen molar-refractivity contribution < 1.29 is 122 Å². The van der Waals surface area contributed by atoms with Gasteiger partial charge >= 0.3 is 49.4 Å². The van der Waals surface area contributed by atoms with E-state index in [4.69, 9.17) is 0 Å². The molecule has 0 aromatic heterocycles. The van der Waals surface area contributed by atoms with Gasteiger partial charge in [-0.2, -0.15) is 127 Å². The van der Waals surface area contributed by atoms with Crippen LogP contribution in [0.25, 0.3) is 0 Å². The molecule has 0 nitrogen and oxygen atoms in total. The molecule has 4 rings (SSSR count). The number of hydrogen-bond donors (Lipinski definition) is 0. The van der Waals surface area contributed by atoms with Gasteiger partial charge in [-0.25, -0.2) is 0 Å². The van der Waals surface area contributed by atoms with Crippen LogP contribution in [-0.4, -0.2) is 43.1 Å². The molecule has 4 aromatic carbocycles. The first kappa shape index (κ1) is 62.8. The SMILES string of the molecule is CCP(CC)CCP(CC)CC.FC(F)(F)c1cc([B-](c2cc(C(F)(F)F)cc(C(F)(F)F)c2)(c2cc(C(F)(F)F)cc(C(F)(F)F)c2)c2cc(C(F)(F)F)cc(C(F)(F)F)c2)cc(C(F)(F)F)c1.[Fe]. The number of alkyl halides is 24. The van der Waals surface area contributed by atoms with Crippen LogP contribution in [0.2, 0.25) is 0 Å². The molecular formula is C42H36BF24FeP2-. The van der Waals surface area contributed by atoms with Crippen LogP contribution >= 0.6 is 15.8 Å². The number of benzene rings is 4. The first-order valence-corrected chi connectivity index (χ1v) is 23.6. The molecule has 0 spiro atoms. The largest absolute Gasteiger partial charge is 0.416 e. The normalized spacial score (nSPS) is 13.6. The molecule has 0 fully saturated rings. The smallest absolute Gasteiger partial charge is 0.194 e. The Balaban J connectivity index is 0.00000114. The van der Waals surface area contributed by atoms with Crippen LogP contribution < -0.4 is 21.9 Å². The predicted octanol–water partition coefficient (Wildman–Crippen LogP) is 15.2. The molecule has 0 amide bonds. The fraction of sp³-hybridized carbons (Fsp3) is 0.429. The van der Waals surface area contributed by atoms with Gasteiger partial charge < -0.3 is 0 Å². The number of hydrogen-bond acceptors (Lipinski definition) is 0. The van der Waals surface area contributed by atoms with E-state index in [0.29, 0.717) is 15.8 Å². The molecule has 0 unspecified atom stereocenters. The fourth-order valence-corrected chi connectivity index (χ4v) is 11.9. The summed E-state index contributed by atoms with van der Waals surface area (Å²) in [5.74, 6) is 0. The number of halogens is 24. The van der Waals surface area contributed by atoms with Crippen molar-refractivity contribution in [1.82, 2.24) is 0 Å². The minimum absolute atomic E-state index is 0. The van der Waals surface area contributed by atoms with E-state index in [1.165, 1.54) is 24.6 Å². The third-order valence-corrected chi connectivity index (χ3v) is 16.6. The van der Waals surface area contributed by atoms with Gasteiger partial charge in [-0.3, -0.25) is 0 Å². The third kappa shape index (κ3) is 15.6. The first-order valence-electron chi connectivity index (χ1n) is 19.8. The van der Waals surface area contributed by atoms with E-state index < -0.39 is 195 Å². The van der Waals surface area contributed by atoms with Crippen LogP contribution in [0.4, 0.5) is 105 Å². The monoisotopic (exact) mass is 1130 g/mol. The molecule has 0 aliphatic carbocycles. The molecule has 0 heterocycles. The minimum atomic E-state index is -6.13. The van der Waals surface area contributed by atoms with Crippen molar-refractivity contribution in [3.05, 3.63) is 117 Å². The molecule has 0 radical (unpaired) electrons. The van der Waals surface area contributed by atoms with Gasteiger partial charge in [0.1, 0.15) is 6.15 Å². The van der Waals surface area contributed by atoms with Crippen molar-refractivity contribution in [1.29, 1.82) is 0 Å². The Kier molecular flexibility index (Phi) is 20.1. The zero-order valence-electron chi connectivity index (χ0n) is 36.1. The Morgan fingerprint density at radius 2 is 0.400 bits per heavy atom. The van der Waals surface area contributed by atoms with Crippen LogP contribution in [0.15, 0.2) is 72.8 Å². The molecule has 0 aliphatic rings. The van der Waals surface area contributed by atoms with Crippen LogP contribution in [-0.2, 0) is 66.5 Å². The summed E-state index contributed by atoms with van der Waals surface area (Å²) in [5, 5.41) is 0. The zero-order valence-corrected chi connectivity index (χ0v) is 39.0. The van der Waals surface area contributed by atoms with Crippen LogP contribution in [0.5, 0.6) is 0 Å². The van der Waals surface area contributed by atoms with Crippen molar-refractivity contribution in [2.24, 2.45) is 0 Å². The maximum atomic E-state index is 14.2. The Bertz CT molecular complexity index is 1920. The summed E-state index contributed by atoms with van der Waals surface area (Å²) in [6, 6.07) is -8.81. The van der Waals surface area contributed by atoms with Gasteiger partial charge in [-0.1, -0.05) is 76.2 Å². The standard InChI is InChI=1S/C32H12BF24.C10H24P2.Fe/c34-25(35,36)13-1-14(26(37,38)39)6-21(5-13)33(22-7-15(27(40,41)42)2-16(8-22)28(43,44)45,23-9-17(29(46,47)48)3-18(10-23)30(49,50)51)24-11-19(31(52,53)54)4-20(12-24)32(55,56)57;1-5-11(6-2)9-10-12(7-3)8-4;/h1-12H;5-10H2,1-4H3;/q-1;;. The topological polar surface area (TPSA) is 0 Å². The summed E-state index contributed by atoms with van der Waals surface area (Å²) in [4.78, 5) is 0. The number of rotatable bonds is 11. The Morgan fingerprint density at radius 1 is 0.271 bits per heavy atom. The summed E-state index contributed by atoms with van der Waals surface area (Å²) in [6.45, 7) is 9.43. The van der Waals surface area contributed by atoms with E-state index in [0.717, 1.165) is 0 Å². The van der Waals surface area contributed by atoms with E-state index >= 15 is 0 Å². The van der Waals surface area contributed by atoms with E-state index in [1.54, 1.807) is 12.3 Å². The Labute approximate surface area is 396 Å². The van der Waals surface area contributed by atoms with Gasteiger partial charge in [0.05, 0.1) is 44.5 Å². The second-order valence-corrected chi connectivity index (χ2v) is 21.4. The molecule has 394 valence electrons. The van der Waals surface area contributed by atoms with Gasteiger partial charge in [0.15, 0.2) is 0 Å². The molecule has 70 heavy (non-hydrogen) atoms. The average molecular weight is 1130 g/mol. The van der Waals surface area contributed by atoms with E-state index in [2.05, 4.69) is 27.7 Å². The molecule has 0 N–H and O–H groups in total. The minimum Gasteiger partial charge on any atom is -0.194 e. The molecule has 0 aliphatic heterocycles. The molecule has 28 heteroatoms. The van der Waals surface area contributed by atoms with E-state index in [1.807, 2.05) is 0 Å². The summed E-state index contributed by atoms with van der Waals surface area (Å²) < 4.78 is 341. The van der Waals surface area contributed by atoms with Crippen molar-refractivity contribution in [3.8, 4) is 0 Å². The second-order valence-electron chi connectivity index (χ2n) is 15.3. The maximum absolute atomic E-state index is 14.2. The van der Waals surface area contributed by atoms with Gasteiger partial charge in [0, 0.05) is 17.1 Å². The molecule has 4 aromatic rings. The molecule has 0 saturated carbocycles. The molecule has 0 saturated heterocycles. The van der Waals surface area contributed by atoms with Crippen molar-refractivity contribution in [3.63, 3.8) is 0 Å². The van der Waals surface area contributed by atoms with Gasteiger partial charge in [0.2, 0.25) is 0 Å². The first-order chi connectivity index (χ1) is 31.0. The van der Waals surface area contributed by atoms with E-state index in [9.17, 15) is 105 Å². The van der Waals surface area contributed by atoms with Crippen LogP contribution in [0, 0.1) is 0 Å². The van der Waals surface area contributed by atoms with Crippen molar-refractivity contribution in [2.45, 2.75) is 77.1 Å². The van der Waals surface area contributed by atoms with Crippen molar-refractivity contribution >= 4 is 43.8 Å². The third-order valence-electron chi connectivity index (χ3n) is 11.0. The van der Waals surface area contributed by atoms with E-state index in [-0.39, 0.29) is 17.1 Å². The Morgan fingerprint density at radius 3 is 0.500 bits per heavy atom. The summed E-state index contributed by atoms with van der Waals surface area (Å²) in [7, 11) is 0.832. The van der Waals surface area contributed by atoms with Crippen LogP contribution in [0.1, 0.15) is 72.2 Å². The predicted molar refractivity (Wildman–Crippen MR) is 216 cm³/mol. The molecule has 0 bridgehead atoms. The average Bonchev–Trinajstić information content (AvgIpc) is 3.20. The van der Waals surface area contributed by atoms with Crippen LogP contribution in [0.3, 0.4) is 0 Å². The second kappa shape index (κ2) is 22.4. The summed E-state index contributed by atoms with van der Waals surface area (Å²) in [5.41, 5.74) is -30.2. The van der Waals surface area contributed by atoms with Crippen molar-refractivity contribution in [2.75, 3.05) is 37.0 Å². The fourth-order valence-electron chi connectivity index (χ4n) is 7.43. The van der Waals surface area contributed by atoms with Gasteiger partial charge in [0.25, 0.3) is 0 Å². The maximum Gasteiger partial charge on any atom is 0.416 e.